The van der Waals surface area contributed by atoms with E-state index < -0.39 is 0 Å². The average Bonchev–Trinajstić information content (AvgIpc) is 2.74. The van der Waals surface area contributed by atoms with Crippen molar-refractivity contribution in [3.8, 4) is 5.75 Å². The number of nitrogen functional groups attached to an aromatic ring is 1. The number of amides is 1. The van der Waals surface area contributed by atoms with Crippen LogP contribution < -0.4 is 15.8 Å². The molecule has 3 aromatic carbocycles. The Bertz CT molecular complexity index is 1220. The number of nitrogens with two attached hydrogens (primary N) is 1. The Balaban J connectivity index is 1.53. The second-order valence-electron chi connectivity index (χ2n) is 7.30. The zero-order chi connectivity index (χ0) is 21.1. The lowest BCUT2D eigenvalue weighted by molar-refractivity contribution is 0.102. The summed E-state index contributed by atoms with van der Waals surface area (Å²) in [5.41, 5.74) is 11.6. The molecule has 30 heavy (non-hydrogen) atoms. The van der Waals surface area contributed by atoms with E-state index in [-0.39, 0.29) is 5.91 Å². The number of nitrogens with one attached hydrogen (secondary N) is 1. The Kier molecular flexibility index (Phi) is 5.35. The third-order valence-electron chi connectivity index (χ3n) is 4.90. The minimum absolute atomic E-state index is 0.198. The summed E-state index contributed by atoms with van der Waals surface area (Å²) in [5, 5.41) is 3.77. The fourth-order valence-electron chi connectivity index (χ4n) is 3.33. The van der Waals surface area contributed by atoms with Crippen LogP contribution in [0.15, 0.2) is 72.8 Å². The first-order valence-electron chi connectivity index (χ1n) is 9.75. The lowest BCUT2D eigenvalue weighted by Gasteiger charge is -2.12. The number of carbonyl (C=O) groups is 1. The van der Waals surface area contributed by atoms with Gasteiger partial charge in [0.15, 0.2) is 0 Å². The Morgan fingerprint density at radius 2 is 1.77 bits per heavy atom. The standard InChI is InChI=1S/C25H23N3O2/c1-16-7-10-20(11-8-16)30-15-18-5-3-4-6-21(18)25(29)28-19-9-12-24-22(14-19)23(26)13-17(2)27-24/h3-14H,15H2,1-2H3,(H2,26,27)(H,28,29). The molecule has 4 aromatic rings. The average molecular weight is 397 g/mol. The minimum Gasteiger partial charge on any atom is -0.489 e. The molecule has 0 aliphatic heterocycles. The van der Waals surface area contributed by atoms with Gasteiger partial charge in [-0.1, -0.05) is 35.9 Å². The third-order valence-corrected chi connectivity index (χ3v) is 4.90. The lowest BCUT2D eigenvalue weighted by Crippen LogP contribution is -2.15. The van der Waals surface area contributed by atoms with Gasteiger partial charge >= 0.3 is 0 Å². The lowest BCUT2D eigenvalue weighted by atomic mass is 10.1. The first-order chi connectivity index (χ1) is 14.5. The number of hydrogen-bond donors (Lipinski definition) is 2. The quantitative estimate of drug-likeness (QED) is 0.481. The molecule has 4 rings (SSSR count). The number of hydrogen-bond acceptors (Lipinski definition) is 4. The van der Waals surface area contributed by atoms with Gasteiger partial charge in [-0.3, -0.25) is 9.78 Å². The van der Waals surface area contributed by atoms with Crippen molar-refractivity contribution >= 4 is 28.2 Å². The van der Waals surface area contributed by atoms with Crippen molar-refractivity contribution in [1.82, 2.24) is 4.98 Å². The van der Waals surface area contributed by atoms with Crippen molar-refractivity contribution in [2.45, 2.75) is 20.5 Å². The van der Waals surface area contributed by atoms with Crippen molar-refractivity contribution in [3.05, 3.63) is 95.2 Å². The van der Waals surface area contributed by atoms with Crippen molar-refractivity contribution in [1.29, 1.82) is 0 Å². The smallest absolute Gasteiger partial charge is 0.256 e. The van der Waals surface area contributed by atoms with Gasteiger partial charge in [-0.25, -0.2) is 0 Å². The van der Waals surface area contributed by atoms with Crippen LogP contribution in [0.25, 0.3) is 10.9 Å². The largest absolute Gasteiger partial charge is 0.489 e. The van der Waals surface area contributed by atoms with Crippen LogP contribution in [0, 0.1) is 13.8 Å². The SMILES string of the molecule is Cc1ccc(OCc2ccccc2C(=O)Nc2ccc3nc(C)cc(N)c3c2)cc1. The molecule has 0 fully saturated rings. The van der Waals surface area contributed by atoms with Gasteiger partial charge in [0.1, 0.15) is 12.4 Å². The number of ether oxygens (including phenoxy) is 1. The molecule has 0 radical (unpaired) electrons. The van der Waals surface area contributed by atoms with Gasteiger partial charge in [0.2, 0.25) is 0 Å². The Labute approximate surface area is 175 Å². The van der Waals surface area contributed by atoms with Gasteiger partial charge < -0.3 is 15.8 Å². The molecular formula is C25H23N3O2. The van der Waals surface area contributed by atoms with Crippen molar-refractivity contribution in [3.63, 3.8) is 0 Å². The monoisotopic (exact) mass is 397 g/mol. The van der Waals surface area contributed by atoms with E-state index in [0.29, 0.717) is 23.5 Å². The predicted octanol–water partition coefficient (Wildman–Crippen LogP) is 5.27. The molecule has 0 atom stereocenters. The van der Waals surface area contributed by atoms with Gasteiger partial charge in [-0.05, 0) is 56.3 Å². The second kappa shape index (κ2) is 8.25. The molecule has 0 unspecified atom stereocenters. The van der Waals surface area contributed by atoms with Crippen LogP contribution in [0.1, 0.15) is 27.2 Å². The van der Waals surface area contributed by atoms with Crippen molar-refractivity contribution in [2.75, 3.05) is 11.1 Å². The van der Waals surface area contributed by atoms with E-state index in [1.807, 2.05) is 80.6 Å². The Hall–Kier alpha value is -3.86. The van der Waals surface area contributed by atoms with Crippen LogP contribution in [-0.2, 0) is 6.61 Å². The number of anilines is 2. The zero-order valence-corrected chi connectivity index (χ0v) is 17.0. The van der Waals surface area contributed by atoms with Crippen LogP contribution in [0.5, 0.6) is 5.75 Å². The van der Waals surface area contributed by atoms with E-state index in [0.717, 1.165) is 27.9 Å². The van der Waals surface area contributed by atoms with Crippen LogP contribution >= 0.6 is 0 Å². The summed E-state index contributed by atoms with van der Waals surface area (Å²) in [4.78, 5) is 17.4. The first-order valence-corrected chi connectivity index (χ1v) is 9.75. The number of aryl methyl sites for hydroxylation is 2. The molecule has 3 N–H and O–H groups in total. The van der Waals surface area contributed by atoms with Crippen LogP contribution in [0.4, 0.5) is 11.4 Å². The molecule has 0 aliphatic carbocycles. The van der Waals surface area contributed by atoms with Crippen molar-refractivity contribution < 1.29 is 9.53 Å². The maximum absolute atomic E-state index is 13.0. The molecule has 1 heterocycles. The zero-order valence-electron chi connectivity index (χ0n) is 17.0. The highest BCUT2D eigenvalue weighted by molar-refractivity contribution is 6.06. The number of nitrogens with zero attached hydrogens (tertiary/aromatic N) is 1. The highest BCUT2D eigenvalue weighted by atomic mass is 16.5. The van der Waals surface area contributed by atoms with E-state index in [1.54, 1.807) is 6.07 Å². The summed E-state index contributed by atoms with van der Waals surface area (Å²) in [6.07, 6.45) is 0. The summed E-state index contributed by atoms with van der Waals surface area (Å²) in [6.45, 7) is 4.24. The number of benzene rings is 3. The van der Waals surface area contributed by atoms with E-state index in [9.17, 15) is 4.79 Å². The highest BCUT2D eigenvalue weighted by Crippen LogP contribution is 2.25. The summed E-state index contributed by atoms with van der Waals surface area (Å²) >= 11 is 0. The number of carbonyl (C=O) groups excluding carboxylic acids is 1. The molecule has 0 saturated carbocycles. The molecule has 5 nitrogen and oxygen atoms in total. The fraction of sp³-hybridized carbons (Fsp3) is 0.120. The number of fused-ring (bicyclic) bond motifs is 1. The maximum Gasteiger partial charge on any atom is 0.256 e. The maximum atomic E-state index is 13.0. The van der Waals surface area contributed by atoms with E-state index >= 15 is 0 Å². The molecule has 0 spiro atoms. The van der Waals surface area contributed by atoms with E-state index in [2.05, 4.69) is 10.3 Å². The molecule has 0 aliphatic rings. The van der Waals surface area contributed by atoms with E-state index in [1.165, 1.54) is 5.56 Å². The summed E-state index contributed by atoms with van der Waals surface area (Å²) in [6, 6.07) is 22.6. The first kappa shape index (κ1) is 19.5. The molecule has 1 amide bonds. The van der Waals surface area contributed by atoms with Gasteiger partial charge in [-0.15, -0.1) is 0 Å². The van der Waals surface area contributed by atoms with Crippen LogP contribution in [-0.4, -0.2) is 10.9 Å². The number of aromatic nitrogens is 1. The normalized spacial score (nSPS) is 10.7. The van der Waals surface area contributed by atoms with Gasteiger partial charge in [0.05, 0.1) is 5.52 Å². The molecule has 0 bridgehead atoms. The minimum atomic E-state index is -0.198. The highest BCUT2D eigenvalue weighted by Gasteiger charge is 2.13. The predicted molar refractivity (Wildman–Crippen MR) is 121 cm³/mol. The van der Waals surface area contributed by atoms with Crippen molar-refractivity contribution in [2.24, 2.45) is 0 Å². The third kappa shape index (κ3) is 4.25. The molecular weight excluding hydrogens is 374 g/mol. The summed E-state index contributed by atoms with van der Waals surface area (Å²) < 4.78 is 5.87. The van der Waals surface area contributed by atoms with Crippen LogP contribution in [0.2, 0.25) is 0 Å². The van der Waals surface area contributed by atoms with Gasteiger partial charge in [0, 0.05) is 33.6 Å². The van der Waals surface area contributed by atoms with Crippen LogP contribution in [0.3, 0.4) is 0 Å². The summed E-state index contributed by atoms with van der Waals surface area (Å²) in [5.74, 6) is 0.569. The Morgan fingerprint density at radius 1 is 1.00 bits per heavy atom. The fourth-order valence-corrected chi connectivity index (χ4v) is 3.33. The topological polar surface area (TPSA) is 77.2 Å². The molecule has 5 heteroatoms. The number of rotatable bonds is 5. The Morgan fingerprint density at radius 3 is 2.57 bits per heavy atom. The van der Waals surface area contributed by atoms with Gasteiger partial charge in [-0.2, -0.15) is 0 Å². The number of pyridine rings is 1. The summed E-state index contributed by atoms with van der Waals surface area (Å²) in [7, 11) is 0. The molecule has 0 saturated heterocycles. The second-order valence-corrected chi connectivity index (χ2v) is 7.30. The van der Waals surface area contributed by atoms with Gasteiger partial charge in [0.25, 0.3) is 5.91 Å². The molecule has 1 aromatic heterocycles. The van der Waals surface area contributed by atoms with E-state index in [4.69, 9.17) is 10.5 Å². The molecule has 150 valence electrons.